The minimum Gasteiger partial charge on any atom is -0.493 e. The van der Waals surface area contributed by atoms with Gasteiger partial charge in [0.05, 0.1) is 44.6 Å². The van der Waals surface area contributed by atoms with Crippen LogP contribution in [0.5, 0.6) is 23.0 Å². The van der Waals surface area contributed by atoms with Crippen LogP contribution in [0, 0.1) is 11.3 Å². The van der Waals surface area contributed by atoms with E-state index in [0.717, 1.165) is 11.1 Å². The molecule has 0 unspecified atom stereocenters. The van der Waals surface area contributed by atoms with Crippen molar-refractivity contribution in [3.63, 3.8) is 0 Å². The van der Waals surface area contributed by atoms with Crippen molar-refractivity contribution in [2.45, 2.75) is 13.0 Å². The highest BCUT2D eigenvalue weighted by molar-refractivity contribution is 7.12. The van der Waals surface area contributed by atoms with E-state index in [-0.39, 0.29) is 5.78 Å². The van der Waals surface area contributed by atoms with Gasteiger partial charge >= 0.3 is 0 Å². The van der Waals surface area contributed by atoms with E-state index in [4.69, 9.17) is 18.9 Å². The Morgan fingerprint density at radius 3 is 2.28 bits per heavy atom. The number of aryl methyl sites for hydroxylation is 1. The molecule has 0 radical (unpaired) electrons. The van der Waals surface area contributed by atoms with Crippen LogP contribution in [0.15, 0.2) is 47.8 Å². The summed E-state index contributed by atoms with van der Waals surface area (Å²) in [4.78, 5) is 14.5. The Labute approximate surface area is 213 Å². The fourth-order valence-electron chi connectivity index (χ4n) is 4.85. The minimum absolute atomic E-state index is 0.124. The van der Waals surface area contributed by atoms with Crippen molar-refractivity contribution in [1.82, 2.24) is 4.57 Å². The van der Waals surface area contributed by atoms with Gasteiger partial charge in [0.2, 0.25) is 5.78 Å². The number of nitrogens with zero attached hydrogens (tertiary/aromatic N) is 2. The summed E-state index contributed by atoms with van der Waals surface area (Å²) in [5, 5.41) is 12.3. The van der Waals surface area contributed by atoms with Crippen molar-refractivity contribution in [3.8, 4) is 51.5 Å². The van der Waals surface area contributed by atoms with Gasteiger partial charge in [0.15, 0.2) is 23.0 Å². The van der Waals surface area contributed by atoms with Crippen LogP contribution in [-0.4, -0.2) is 38.8 Å². The number of nitriles is 1. The van der Waals surface area contributed by atoms with Gasteiger partial charge in [-0.1, -0.05) is 12.1 Å². The zero-order chi connectivity index (χ0) is 25.4. The monoisotopic (exact) mass is 500 g/mol. The number of fused-ring (bicyclic) bond motifs is 3. The molecule has 7 nitrogen and oxygen atoms in total. The Morgan fingerprint density at radius 2 is 1.64 bits per heavy atom. The second-order valence-electron chi connectivity index (χ2n) is 8.20. The summed E-state index contributed by atoms with van der Waals surface area (Å²) in [6, 6.07) is 15.3. The minimum atomic E-state index is -0.124. The summed E-state index contributed by atoms with van der Waals surface area (Å²) >= 11 is 1.38. The second-order valence-corrected chi connectivity index (χ2v) is 9.15. The summed E-state index contributed by atoms with van der Waals surface area (Å²) in [6.45, 7) is 0.548. The molecule has 0 N–H and O–H groups in total. The third kappa shape index (κ3) is 3.60. The van der Waals surface area contributed by atoms with E-state index >= 15 is 0 Å². The van der Waals surface area contributed by atoms with E-state index in [1.54, 1.807) is 34.5 Å². The Balaban J connectivity index is 1.85. The molecule has 4 aromatic rings. The van der Waals surface area contributed by atoms with E-state index in [1.807, 2.05) is 46.3 Å². The smallest absolute Gasteiger partial charge is 0.219 e. The Bertz CT molecular complexity index is 1510. The molecule has 182 valence electrons. The topological polar surface area (TPSA) is 82.7 Å². The maximum absolute atomic E-state index is 13.9. The van der Waals surface area contributed by atoms with Crippen molar-refractivity contribution >= 4 is 17.1 Å². The first-order valence-corrected chi connectivity index (χ1v) is 12.2. The van der Waals surface area contributed by atoms with Gasteiger partial charge in [0.25, 0.3) is 0 Å². The zero-order valence-electron chi connectivity index (χ0n) is 20.4. The van der Waals surface area contributed by atoms with Crippen LogP contribution >= 0.6 is 11.3 Å². The standard InChI is InChI=1S/C28H24N2O5S/c1-32-20-8-7-17(13-21(20)33-2)25-19(15-29)26-18-14-23(35-4)22(34-3)12-16(18)9-10-30(26)27(25)28(31)24-6-5-11-36-24/h5-8,11-14H,9-10H2,1-4H3. The van der Waals surface area contributed by atoms with Gasteiger partial charge in [0, 0.05) is 17.7 Å². The number of aromatic nitrogens is 1. The molecule has 0 saturated heterocycles. The summed E-state index contributed by atoms with van der Waals surface area (Å²) in [7, 11) is 6.31. The van der Waals surface area contributed by atoms with E-state index in [9.17, 15) is 10.1 Å². The average Bonchev–Trinajstić information content (AvgIpc) is 3.58. The van der Waals surface area contributed by atoms with Crippen LogP contribution in [0.2, 0.25) is 0 Å². The average molecular weight is 501 g/mol. The highest BCUT2D eigenvalue weighted by atomic mass is 32.1. The fourth-order valence-corrected chi connectivity index (χ4v) is 5.51. The molecule has 8 heteroatoms. The van der Waals surface area contributed by atoms with E-state index in [1.165, 1.54) is 11.3 Å². The number of carbonyl (C=O) groups is 1. The van der Waals surface area contributed by atoms with Crippen molar-refractivity contribution in [2.75, 3.05) is 28.4 Å². The highest BCUT2D eigenvalue weighted by Crippen LogP contribution is 2.46. The molecule has 2 aromatic heterocycles. The number of rotatable bonds is 7. The number of ketones is 1. The molecule has 0 saturated carbocycles. The van der Waals surface area contributed by atoms with Crippen LogP contribution in [0.1, 0.15) is 26.5 Å². The van der Waals surface area contributed by atoms with Crippen molar-refractivity contribution in [3.05, 3.63) is 69.5 Å². The van der Waals surface area contributed by atoms with E-state index in [0.29, 0.717) is 68.9 Å². The predicted molar refractivity (Wildman–Crippen MR) is 138 cm³/mol. The normalized spacial score (nSPS) is 11.8. The summed E-state index contributed by atoms with van der Waals surface area (Å²) < 4.78 is 24.0. The first-order valence-electron chi connectivity index (χ1n) is 11.3. The first kappa shape index (κ1) is 23.5. The molecule has 0 spiro atoms. The molecule has 0 bridgehead atoms. The van der Waals surface area contributed by atoms with Gasteiger partial charge in [-0.05, 0) is 53.3 Å². The number of hydrogen-bond donors (Lipinski definition) is 0. The zero-order valence-corrected chi connectivity index (χ0v) is 21.2. The highest BCUT2D eigenvalue weighted by Gasteiger charge is 2.33. The number of carbonyl (C=O) groups excluding carboxylic acids is 1. The van der Waals surface area contributed by atoms with Gasteiger partial charge in [-0.2, -0.15) is 5.26 Å². The second kappa shape index (κ2) is 9.44. The molecule has 1 aliphatic heterocycles. The SMILES string of the molecule is COc1ccc(-c2c(C#N)c3n(c2C(=O)c2cccs2)CCc2cc(OC)c(OC)cc2-3)cc1OC. The van der Waals surface area contributed by atoms with Crippen molar-refractivity contribution < 1.29 is 23.7 Å². The molecule has 0 atom stereocenters. The summed E-state index contributed by atoms with van der Waals surface area (Å²) in [5.74, 6) is 2.15. The fraction of sp³-hybridized carbons (Fsp3) is 0.214. The van der Waals surface area contributed by atoms with Gasteiger partial charge < -0.3 is 23.5 Å². The van der Waals surface area contributed by atoms with Crippen LogP contribution in [0.25, 0.3) is 22.4 Å². The Kier molecular flexibility index (Phi) is 6.17. The van der Waals surface area contributed by atoms with Crippen LogP contribution in [0.3, 0.4) is 0 Å². The van der Waals surface area contributed by atoms with E-state index < -0.39 is 0 Å². The van der Waals surface area contributed by atoms with Crippen molar-refractivity contribution in [2.24, 2.45) is 0 Å². The molecule has 1 aliphatic rings. The van der Waals surface area contributed by atoms with Gasteiger partial charge in [0.1, 0.15) is 11.8 Å². The van der Waals surface area contributed by atoms with Crippen LogP contribution in [-0.2, 0) is 13.0 Å². The summed E-state index contributed by atoms with van der Waals surface area (Å²) in [5.41, 5.74) is 4.77. The molecule has 36 heavy (non-hydrogen) atoms. The van der Waals surface area contributed by atoms with Crippen molar-refractivity contribution in [1.29, 1.82) is 5.26 Å². The number of methoxy groups -OCH3 is 4. The lowest BCUT2D eigenvalue weighted by Gasteiger charge is -2.23. The summed E-state index contributed by atoms with van der Waals surface area (Å²) in [6.07, 6.45) is 0.679. The maximum atomic E-state index is 13.9. The number of thiophene rings is 1. The largest absolute Gasteiger partial charge is 0.493 e. The lowest BCUT2D eigenvalue weighted by Crippen LogP contribution is -2.17. The molecular weight excluding hydrogens is 476 g/mol. The third-order valence-corrected chi connectivity index (χ3v) is 7.35. The van der Waals surface area contributed by atoms with Gasteiger partial charge in [-0.25, -0.2) is 0 Å². The van der Waals surface area contributed by atoms with Gasteiger partial charge in [-0.15, -0.1) is 11.3 Å². The molecular formula is C28H24N2O5S. The van der Waals surface area contributed by atoms with Crippen LogP contribution < -0.4 is 18.9 Å². The van der Waals surface area contributed by atoms with Gasteiger partial charge in [-0.3, -0.25) is 4.79 Å². The molecule has 0 amide bonds. The number of ether oxygens (including phenoxy) is 4. The lowest BCUT2D eigenvalue weighted by molar-refractivity contribution is 0.103. The number of hydrogen-bond acceptors (Lipinski definition) is 7. The third-order valence-electron chi connectivity index (χ3n) is 6.48. The lowest BCUT2D eigenvalue weighted by atomic mass is 9.93. The predicted octanol–water partition coefficient (Wildman–Crippen LogP) is 5.58. The van der Waals surface area contributed by atoms with E-state index in [2.05, 4.69) is 6.07 Å². The molecule has 5 rings (SSSR count). The maximum Gasteiger partial charge on any atom is 0.219 e. The van der Waals surface area contributed by atoms with Crippen LogP contribution in [0.4, 0.5) is 0 Å². The molecule has 2 aromatic carbocycles. The molecule has 3 heterocycles. The number of benzene rings is 2. The first-order chi connectivity index (χ1) is 17.6. The Morgan fingerprint density at radius 1 is 0.944 bits per heavy atom. The quantitative estimate of drug-likeness (QED) is 0.308. The Hall–Kier alpha value is -4.22. The molecule has 0 aliphatic carbocycles. The molecule has 0 fully saturated rings.